The predicted molar refractivity (Wildman–Crippen MR) is 125 cm³/mol. The van der Waals surface area contributed by atoms with E-state index in [1.165, 1.54) is 0 Å². The second-order valence-corrected chi connectivity index (χ2v) is 8.66. The number of amides is 2. The highest BCUT2D eigenvalue weighted by Gasteiger charge is 2.32. The van der Waals surface area contributed by atoms with Crippen molar-refractivity contribution in [3.63, 3.8) is 0 Å². The zero-order chi connectivity index (χ0) is 24.1. The molecule has 1 saturated heterocycles. The highest BCUT2D eigenvalue weighted by Crippen LogP contribution is 2.44. The summed E-state index contributed by atoms with van der Waals surface area (Å²) in [6, 6.07) is 14.8. The van der Waals surface area contributed by atoms with Crippen molar-refractivity contribution in [2.75, 3.05) is 26.3 Å². The van der Waals surface area contributed by atoms with Gasteiger partial charge in [-0.05, 0) is 35.1 Å². The second-order valence-electron chi connectivity index (χ2n) is 8.66. The van der Waals surface area contributed by atoms with Gasteiger partial charge in [0.25, 0.3) is 0 Å². The maximum absolute atomic E-state index is 13.1. The zero-order valence-corrected chi connectivity index (χ0v) is 19.2. The Morgan fingerprint density at radius 1 is 1.12 bits per heavy atom. The summed E-state index contributed by atoms with van der Waals surface area (Å²) in [5.41, 5.74) is 4.37. The molecule has 0 aromatic heterocycles. The number of nitrogens with one attached hydrogen (secondary N) is 1. The summed E-state index contributed by atoms with van der Waals surface area (Å²) < 4.78 is 11.2. The maximum Gasteiger partial charge on any atom is 0.407 e. The molecule has 4 rings (SSSR count). The van der Waals surface area contributed by atoms with Crippen LogP contribution in [0.25, 0.3) is 11.1 Å². The lowest BCUT2D eigenvalue weighted by Crippen LogP contribution is -2.51. The monoisotopic (exact) mass is 466 g/mol. The molecule has 0 bridgehead atoms. The topological polar surface area (TPSA) is 105 Å². The van der Waals surface area contributed by atoms with E-state index in [0.717, 1.165) is 28.7 Å². The summed E-state index contributed by atoms with van der Waals surface area (Å²) in [6.07, 6.45) is -0.0249. The summed E-state index contributed by atoms with van der Waals surface area (Å²) in [7, 11) is 0. The molecular weight excluding hydrogens is 436 g/mol. The van der Waals surface area contributed by atoms with Gasteiger partial charge in [0.1, 0.15) is 12.6 Å². The van der Waals surface area contributed by atoms with Crippen molar-refractivity contribution in [1.82, 2.24) is 10.2 Å². The molecule has 2 unspecified atom stereocenters. The van der Waals surface area contributed by atoms with Gasteiger partial charge in [0.15, 0.2) is 0 Å². The van der Waals surface area contributed by atoms with E-state index in [1.54, 1.807) is 4.90 Å². The molecule has 2 N–H and O–H groups in total. The molecule has 180 valence electrons. The van der Waals surface area contributed by atoms with Crippen LogP contribution >= 0.6 is 0 Å². The summed E-state index contributed by atoms with van der Waals surface area (Å²) in [5.74, 6) is -1.73. The number of hydrogen-bond donors (Lipinski definition) is 2. The molecule has 1 aliphatic heterocycles. The number of hydrogen-bond acceptors (Lipinski definition) is 5. The molecule has 8 heteroatoms. The molecule has 2 aromatic rings. The van der Waals surface area contributed by atoms with Crippen molar-refractivity contribution < 1.29 is 29.0 Å². The largest absolute Gasteiger partial charge is 0.481 e. The van der Waals surface area contributed by atoms with Crippen LogP contribution in [0.5, 0.6) is 0 Å². The molecule has 0 saturated carbocycles. The summed E-state index contributed by atoms with van der Waals surface area (Å²) >= 11 is 0. The van der Waals surface area contributed by atoms with Gasteiger partial charge in [0.05, 0.1) is 12.5 Å². The van der Waals surface area contributed by atoms with E-state index in [9.17, 15) is 19.5 Å². The number of carboxylic acids is 1. The average Bonchev–Trinajstić information content (AvgIpc) is 2.97. The number of carbonyl (C=O) groups excluding carboxylic acids is 2. The molecule has 1 aliphatic carbocycles. The van der Waals surface area contributed by atoms with Gasteiger partial charge in [0, 0.05) is 25.6 Å². The number of aliphatic carboxylic acids is 1. The van der Waals surface area contributed by atoms with Crippen LogP contribution in [0.2, 0.25) is 0 Å². The first-order chi connectivity index (χ1) is 16.5. The van der Waals surface area contributed by atoms with Crippen LogP contribution in [-0.2, 0) is 19.1 Å². The first-order valence-corrected chi connectivity index (χ1v) is 11.7. The van der Waals surface area contributed by atoms with Gasteiger partial charge >= 0.3 is 12.1 Å². The van der Waals surface area contributed by atoms with Crippen LogP contribution in [0, 0.1) is 0 Å². The Hall–Kier alpha value is -3.39. The Labute approximate surface area is 198 Å². The number of alkyl carbamates (subject to hydrolysis) is 1. The Morgan fingerprint density at radius 3 is 2.38 bits per heavy atom. The zero-order valence-electron chi connectivity index (χ0n) is 19.2. The average molecular weight is 467 g/mol. The van der Waals surface area contributed by atoms with Gasteiger partial charge in [0.2, 0.25) is 5.91 Å². The lowest BCUT2D eigenvalue weighted by atomic mass is 9.98. The number of nitrogens with zero attached hydrogens (tertiary/aromatic N) is 1. The van der Waals surface area contributed by atoms with E-state index in [-0.39, 0.29) is 18.6 Å². The third-order valence-electron chi connectivity index (χ3n) is 6.43. The Bertz CT molecular complexity index is 1010. The SMILES string of the molecule is CCC1CN(C(=O)C(CC(=O)O)NC(=O)OCC2c3ccccc3-c3ccccc32)CCCO1. The Balaban J connectivity index is 1.43. The standard InChI is InChI=1S/C26H30N2O6/c1-2-17-15-28(12-7-13-33-17)25(31)23(14-24(29)30)27-26(32)34-16-22-20-10-5-3-8-18(20)19-9-4-6-11-21(19)22/h3-6,8-11,17,22-23H,2,7,12-16H2,1H3,(H,27,32)(H,29,30). The molecule has 2 atom stereocenters. The van der Waals surface area contributed by atoms with Crippen LogP contribution in [0.3, 0.4) is 0 Å². The first kappa shape index (κ1) is 23.8. The minimum atomic E-state index is -1.20. The molecule has 2 amide bonds. The molecule has 0 radical (unpaired) electrons. The fourth-order valence-corrected chi connectivity index (χ4v) is 4.72. The van der Waals surface area contributed by atoms with Gasteiger partial charge < -0.3 is 24.8 Å². The van der Waals surface area contributed by atoms with Crippen LogP contribution in [-0.4, -0.2) is 66.4 Å². The maximum atomic E-state index is 13.1. The van der Waals surface area contributed by atoms with Gasteiger partial charge in [-0.3, -0.25) is 9.59 Å². The Morgan fingerprint density at radius 2 is 1.76 bits per heavy atom. The summed E-state index contributed by atoms with van der Waals surface area (Å²) in [5, 5.41) is 11.8. The van der Waals surface area contributed by atoms with E-state index >= 15 is 0 Å². The van der Waals surface area contributed by atoms with Crippen LogP contribution < -0.4 is 5.32 Å². The van der Waals surface area contributed by atoms with Crippen LogP contribution in [0.4, 0.5) is 4.79 Å². The van der Waals surface area contributed by atoms with Gasteiger partial charge in [-0.15, -0.1) is 0 Å². The third kappa shape index (κ3) is 5.22. The van der Waals surface area contributed by atoms with E-state index in [2.05, 4.69) is 5.32 Å². The van der Waals surface area contributed by atoms with Crippen molar-refractivity contribution in [3.05, 3.63) is 59.7 Å². The van der Waals surface area contributed by atoms with E-state index in [0.29, 0.717) is 26.1 Å². The molecule has 34 heavy (non-hydrogen) atoms. The number of carboxylic acid groups (broad SMARTS) is 1. The normalized spacial score (nSPS) is 18.4. The number of fused-ring (bicyclic) bond motifs is 3. The van der Waals surface area contributed by atoms with Crippen LogP contribution in [0.1, 0.15) is 43.2 Å². The van der Waals surface area contributed by atoms with Crippen molar-refractivity contribution in [1.29, 1.82) is 0 Å². The van der Waals surface area contributed by atoms with Crippen molar-refractivity contribution in [2.45, 2.75) is 44.2 Å². The van der Waals surface area contributed by atoms with E-state index < -0.39 is 30.4 Å². The summed E-state index contributed by atoms with van der Waals surface area (Å²) in [4.78, 5) is 38.8. The van der Waals surface area contributed by atoms with E-state index in [4.69, 9.17) is 9.47 Å². The smallest absolute Gasteiger partial charge is 0.407 e. The fourth-order valence-electron chi connectivity index (χ4n) is 4.72. The van der Waals surface area contributed by atoms with Gasteiger partial charge in [-0.2, -0.15) is 0 Å². The molecule has 2 aromatic carbocycles. The number of ether oxygens (including phenoxy) is 2. The fraction of sp³-hybridized carbons (Fsp3) is 0.423. The molecule has 8 nitrogen and oxygen atoms in total. The molecule has 1 fully saturated rings. The first-order valence-electron chi connectivity index (χ1n) is 11.7. The lowest BCUT2D eigenvalue weighted by molar-refractivity contribution is -0.142. The van der Waals surface area contributed by atoms with Crippen molar-refractivity contribution in [3.8, 4) is 11.1 Å². The quantitative estimate of drug-likeness (QED) is 0.648. The van der Waals surface area contributed by atoms with E-state index in [1.807, 2.05) is 55.5 Å². The predicted octanol–water partition coefficient (Wildman–Crippen LogP) is 3.40. The van der Waals surface area contributed by atoms with Gasteiger partial charge in [-0.25, -0.2) is 4.79 Å². The highest BCUT2D eigenvalue weighted by atomic mass is 16.5. The molecule has 2 aliphatic rings. The van der Waals surface area contributed by atoms with Crippen molar-refractivity contribution in [2.24, 2.45) is 0 Å². The summed E-state index contributed by atoms with van der Waals surface area (Å²) in [6.45, 7) is 3.44. The lowest BCUT2D eigenvalue weighted by Gasteiger charge is -2.27. The highest BCUT2D eigenvalue weighted by molar-refractivity contribution is 5.89. The molecule has 1 heterocycles. The van der Waals surface area contributed by atoms with Crippen LogP contribution in [0.15, 0.2) is 48.5 Å². The third-order valence-corrected chi connectivity index (χ3v) is 6.43. The second kappa shape index (κ2) is 10.7. The molecular formula is C26H30N2O6. The number of benzene rings is 2. The molecule has 0 spiro atoms. The minimum Gasteiger partial charge on any atom is -0.481 e. The number of rotatable bonds is 7. The minimum absolute atomic E-state index is 0.0866. The van der Waals surface area contributed by atoms with Gasteiger partial charge in [-0.1, -0.05) is 55.5 Å². The van der Waals surface area contributed by atoms with Crippen molar-refractivity contribution >= 4 is 18.0 Å². The Kier molecular flexibility index (Phi) is 7.47. The number of carbonyl (C=O) groups is 3.